The van der Waals surface area contributed by atoms with E-state index in [1.807, 2.05) is 0 Å². The van der Waals surface area contributed by atoms with Crippen LogP contribution in [0.1, 0.15) is 5.56 Å². The van der Waals surface area contributed by atoms with Crippen molar-refractivity contribution < 1.29 is 9.13 Å². The molecule has 0 aliphatic heterocycles. The number of nitrogens with zero attached hydrogens (tertiary/aromatic N) is 1. The number of nitro benzene ring substituents is 1. The summed E-state index contributed by atoms with van der Waals surface area (Å²) in [5.41, 5.74) is 6.04. The fourth-order valence-electron chi connectivity index (χ4n) is 1.73. The summed E-state index contributed by atoms with van der Waals surface area (Å²) in [6, 6.07) is 8.92. The second kappa shape index (κ2) is 6.43. The van der Waals surface area contributed by atoms with E-state index in [2.05, 4.69) is 0 Å². The molecular weight excluding hydrogens is 335 g/mol. The van der Waals surface area contributed by atoms with Crippen LogP contribution < -0.4 is 5.73 Å². The van der Waals surface area contributed by atoms with Crippen LogP contribution in [0.15, 0.2) is 41.3 Å². The first-order valence-electron chi connectivity index (χ1n) is 5.75. The molecule has 2 aromatic rings. The van der Waals surface area contributed by atoms with Gasteiger partial charge in [-0.3, -0.25) is 14.3 Å². The largest absolute Gasteiger partial charge is 0.398 e. The molecule has 0 aliphatic carbocycles. The van der Waals surface area contributed by atoms with Crippen LogP contribution in [-0.4, -0.2) is 9.13 Å². The molecule has 0 fully saturated rings. The van der Waals surface area contributed by atoms with Crippen molar-refractivity contribution in [2.45, 2.75) is 10.6 Å². The summed E-state index contributed by atoms with van der Waals surface area (Å²) in [4.78, 5) is 10.9. The number of nitrogens with two attached hydrogens (primary N) is 1. The number of hydrogen-bond donors (Lipinski definition) is 1. The molecule has 5 nitrogen and oxygen atoms in total. The van der Waals surface area contributed by atoms with Crippen molar-refractivity contribution in [2.75, 3.05) is 5.73 Å². The first kappa shape index (κ1) is 15.8. The van der Waals surface area contributed by atoms with E-state index < -0.39 is 15.7 Å². The minimum atomic E-state index is -1.52. The van der Waals surface area contributed by atoms with Crippen molar-refractivity contribution >= 4 is 45.4 Å². The van der Waals surface area contributed by atoms with Gasteiger partial charge in [-0.1, -0.05) is 29.3 Å². The Kier molecular flexibility index (Phi) is 4.82. The van der Waals surface area contributed by atoms with Crippen LogP contribution in [0.5, 0.6) is 0 Å². The van der Waals surface area contributed by atoms with E-state index in [1.165, 1.54) is 30.3 Å². The molecule has 0 aliphatic rings. The third-order valence-electron chi connectivity index (χ3n) is 2.80. The van der Waals surface area contributed by atoms with Gasteiger partial charge in [-0.05, 0) is 24.3 Å². The predicted octanol–water partition coefficient (Wildman–Crippen LogP) is 3.79. The molecule has 2 N–H and O–H groups in total. The fraction of sp³-hybridized carbons (Fsp3) is 0.0769. The van der Waals surface area contributed by atoms with Gasteiger partial charge in [0, 0.05) is 11.0 Å². The SMILES string of the molecule is Nc1ccc(S(=O)Cc2c(Cl)cccc2[N+](=O)[O-])cc1Cl. The van der Waals surface area contributed by atoms with Crippen LogP contribution in [0.3, 0.4) is 0 Å². The topological polar surface area (TPSA) is 86.2 Å². The fourth-order valence-corrected chi connectivity index (χ4v) is 3.49. The summed E-state index contributed by atoms with van der Waals surface area (Å²) < 4.78 is 12.3. The van der Waals surface area contributed by atoms with Gasteiger partial charge >= 0.3 is 0 Å². The lowest BCUT2D eigenvalue weighted by Crippen LogP contribution is -2.02. The molecule has 0 radical (unpaired) electrons. The maximum Gasteiger partial charge on any atom is 0.275 e. The molecule has 0 saturated carbocycles. The highest BCUT2D eigenvalue weighted by molar-refractivity contribution is 7.84. The van der Waals surface area contributed by atoms with Gasteiger partial charge < -0.3 is 5.73 Å². The standard InChI is InChI=1S/C13H10Cl2N2O3S/c14-10-2-1-3-13(17(18)19)9(10)7-21(20)8-4-5-12(16)11(15)6-8/h1-6H,7,16H2. The minimum absolute atomic E-state index is 0.0732. The maximum atomic E-state index is 12.3. The van der Waals surface area contributed by atoms with Crippen molar-refractivity contribution in [1.82, 2.24) is 0 Å². The van der Waals surface area contributed by atoms with Crippen LogP contribution >= 0.6 is 23.2 Å². The second-order valence-corrected chi connectivity index (χ2v) is 6.43. The van der Waals surface area contributed by atoms with E-state index in [9.17, 15) is 14.3 Å². The third-order valence-corrected chi connectivity index (χ3v) is 4.81. The lowest BCUT2D eigenvalue weighted by molar-refractivity contribution is -0.385. The van der Waals surface area contributed by atoms with Gasteiger partial charge in [-0.2, -0.15) is 0 Å². The smallest absolute Gasteiger partial charge is 0.275 e. The lowest BCUT2D eigenvalue weighted by Gasteiger charge is -2.07. The number of rotatable bonds is 4. The second-order valence-electron chi connectivity index (χ2n) is 4.17. The Morgan fingerprint density at radius 2 is 1.90 bits per heavy atom. The number of anilines is 1. The van der Waals surface area contributed by atoms with Gasteiger partial charge in [0.05, 0.1) is 42.8 Å². The Hall–Kier alpha value is -1.63. The van der Waals surface area contributed by atoms with Gasteiger partial charge in [0.2, 0.25) is 0 Å². The van der Waals surface area contributed by atoms with Gasteiger partial charge in [0.25, 0.3) is 5.69 Å². The number of hydrogen-bond acceptors (Lipinski definition) is 4. The van der Waals surface area contributed by atoms with E-state index in [0.717, 1.165) is 0 Å². The first-order valence-corrected chi connectivity index (χ1v) is 7.83. The van der Waals surface area contributed by atoms with E-state index in [4.69, 9.17) is 28.9 Å². The summed E-state index contributed by atoms with van der Waals surface area (Å²) in [7, 11) is -1.52. The average molecular weight is 345 g/mol. The molecule has 0 aromatic heterocycles. The summed E-state index contributed by atoms with van der Waals surface area (Å²) in [5, 5.41) is 11.5. The summed E-state index contributed by atoms with van der Waals surface area (Å²) in [6.45, 7) is 0. The van der Waals surface area contributed by atoms with Crippen molar-refractivity contribution in [2.24, 2.45) is 0 Å². The first-order chi connectivity index (χ1) is 9.90. The molecule has 21 heavy (non-hydrogen) atoms. The average Bonchev–Trinajstić information content (AvgIpc) is 2.43. The highest BCUT2D eigenvalue weighted by Gasteiger charge is 2.19. The van der Waals surface area contributed by atoms with Gasteiger partial charge in [-0.25, -0.2) is 0 Å². The number of nitro groups is 1. The molecular formula is C13H10Cl2N2O3S. The Bertz CT molecular complexity index is 737. The Labute approximate surface area is 133 Å². The normalized spacial score (nSPS) is 12.1. The number of halogens is 2. The van der Waals surface area contributed by atoms with E-state index in [-0.39, 0.29) is 27.0 Å². The van der Waals surface area contributed by atoms with Gasteiger partial charge in [0.15, 0.2) is 0 Å². The number of nitrogen functional groups attached to an aromatic ring is 1. The summed E-state index contributed by atoms with van der Waals surface area (Å²) in [6.07, 6.45) is 0. The highest BCUT2D eigenvalue weighted by atomic mass is 35.5. The molecule has 2 rings (SSSR count). The molecule has 0 heterocycles. The van der Waals surface area contributed by atoms with Crippen LogP contribution in [0.25, 0.3) is 0 Å². The zero-order chi connectivity index (χ0) is 15.6. The van der Waals surface area contributed by atoms with Crippen LogP contribution in [0.2, 0.25) is 10.0 Å². The molecule has 110 valence electrons. The lowest BCUT2D eigenvalue weighted by atomic mass is 10.2. The molecule has 2 aromatic carbocycles. The third kappa shape index (κ3) is 3.53. The number of benzene rings is 2. The molecule has 0 spiro atoms. The quantitative estimate of drug-likeness (QED) is 0.519. The Morgan fingerprint density at radius 1 is 1.19 bits per heavy atom. The van der Waals surface area contributed by atoms with Crippen molar-refractivity contribution in [3.63, 3.8) is 0 Å². The molecule has 1 unspecified atom stereocenters. The van der Waals surface area contributed by atoms with Crippen molar-refractivity contribution in [3.8, 4) is 0 Å². The maximum absolute atomic E-state index is 12.3. The Balaban J connectivity index is 2.36. The zero-order valence-electron chi connectivity index (χ0n) is 10.6. The monoisotopic (exact) mass is 344 g/mol. The Morgan fingerprint density at radius 3 is 2.52 bits per heavy atom. The summed E-state index contributed by atoms with van der Waals surface area (Å²) >= 11 is 11.9. The van der Waals surface area contributed by atoms with E-state index >= 15 is 0 Å². The van der Waals surface area contributed by atoms with E-state index in [1.54, 1.807) is 6.07 Å². The van der Waals surface area contributed by atoms with Crippen molar-refractivity contribution in [1.29, 1.82) is 0 Å². The molecule has 0 saturated heterocycles. The summed E-state index contributed by atoms with van der Waals surface area (Å²) in [5.74, 6) is -0.0732. The highest BCUT2D eigenvalue weighted by Crippen LogP contribution is 2.30. The molecule has 8 heteroatoms. The van der Waals surface area contributed by atoms with E-state index in [0.29, 0.717) is 10.6 Å². The van der Waals surface area contributed by atoms with Crippen LogP contribution in [0, 0.1) is 10.1 Å². The minimum Gasteiger partial charge on any atom is -0.398 e. The van der Waals surface area contributed by atoms with Crippen LogP contribution in [-0.2, 0) is 16.6 Å². The predicted molar refractivity (Wildman–Crippen MR) is 84.1 cm³/mol. The van der Waals surface area contributed by atoms with Gasteiger partial charge in [-0.15, -0.1) is 0 Å². The van der Waals surface area contributed by atoms with Gasteiger partial charge in [0.1, 0.15) is 0 Å². The zero-order valence-corrected chi connectivity index (χ0v) is 12.9. The molecule has 0 bridgehead atoms. The van der Waals surface area contributed by atoms with Crippen LogP contribution in [0.4, 0.5) is 11.4 Å². The van der Waals surface area contributed by atoms with Crippen molar-refractivity contribution in [3.05, 3.63) is 62.1 Å². The molecule has 1 atom stereocenters. The molecule has 0 amide bonds.